The maximum absolute atomic E-state index is 11.1. The van der Waals surface area contributed by atoms with Crippen molar-refractivity contribution in [3.05, 3.63) is 34.4 Å². The van der Waals surface area contributed by atoms with Gasteiger partial charge in [-0.25, -0.2) is 0 Å². The molecule has 6 nitrogen and oxygen atoms in total. The maximum atomic E-state index is 11.1. The van der Waals surface area contributed by atoms with Crippen molar-refractivity contribution in [1.82, 2.24) is 0 Å². The normalized spacial score (nSPS) is 10.3. The smallest absolute Gasteiger partial charge is 0.308 e. The summed E-state index contributed by atoms with van der Waals surface area (Å²) in [6.45, 7) is 1.42. The van der Waals surface area contributed by atoms with E-state index >= 15 is 0 Å². The number of benzene rings is 1. The van der Waals surface area contributed by atoms with Crippen LogP contribution in [0.25, 0.3) is 0 Å². The zero-order valence-electron chi connectivity index (χ0n) is 8.91. The molecule has 0 heterocycles. The first-order valence-electron chi connectivity index (χ1n) is 4.11. The molecule has 1 radical (unpaired) electrons. The van der Waals surface area contributed by atoms with Crippen LogP contribution in [0.2, 0.25) is 0 Å². The Balaban J connectivity index is 0.00000225. The van der Waals surface area contributed by atoms with Crippen LogP contribution in [-0.2, 0) is 10.1 Å². The van der Waals surface area contributed by atoms with E-state index in [1.54, 1.807) is 0 Å². The molecule has 0 amide bonds. The topological polar surface area (TPSA) is 86.5 Å². The van der Waals surface area contributed by atoms with Crippen molar-refractivity contribution in [2.24, 2.45) is 0 Å². The summed E-state index contributed by atoms with van der Waals surface area (Å²) >= 11 is 0. The second-order valence-corrected chi connectivity index (χ2v) is 4.54. The molecule has 83 valence electrons. The Morgan fingerprint density at radius 1 is 1.44 bits per heavy atom. The predicted octanol–water partition coefficient (Wildman–Crippen LogP) is 0.943. The van der Waals surface area contributed by atoms with Crippen LogP contribution < -0.4 is 4.18 Å². The minimum atomic E-state index is -3.64. The van der Waals surface area contributed by atoms with Gasteiger partial charge in [-0.3, -0.25) is 10.1 Å². The number of non-ortho nitro benzene ring substituents is 1. The van der Waals surface area contributed by atoms with Crippen LogP contribution in [0.1, 0.15) is 6.92 Å². The van der Waals surface area contributed by atoms with Crippen LogP contribution in [0.3, 0.4) is 0 Å². The summed E-state index contributed by atoms with van der Waals surface area (Å²) in [5.41, 5.74) is -0.209. The molecular formula is C8H9KNO5S. The Labute approximate surface area is 136 Å². The summed E-state index contributed by atoms with van der Waals surface area (Å²) in [5.74, 6) is -0.235. The van der Waals surface area contributed by atoms with E-state index in [2.05, 4.69) is 4.18 Å². The van der Waals surface area contributed by atoms with Gasteiger partial charge in [0.05, 0.1) is 16.7 Å². The fourth-order valence-electron chi connectivity index (χ4n) is 0.854. The van der Waals surface area contributed by atoms with Crippen LogP contribution >= 0.6 is 0 Å². The number of nitro groups is 1. The minimum Gasteiger partial charge on any atom is -0.382 e. The first-order valence-corrected chi connectivity index (χ1v) is 5.69. The largest absolute Gasteiger partial charge is 0.382 e. The van der Waals surface area contributed by atoms with Crippen molar-refractivity contribution in [3.63, 3.8) is 0 Å². The van der Waals surface area contributed by atoms with Gasteiger partial charge in [-0.1, -0.05) is 6.07 Å². The molecule has 16 heavy (non-hydrogen) atoms. The molecule has 0 aromatic heterocycles. The number of hydrogen-bond acceptors (Lipinski definition) is 5. The SMILES string of the molecule is CCS(=O)(=O)Oc1cccc([N+](=O)[O-])c1.[K]. The van der Waals surface area contributed by atoms with Crippen molar-refractivity contribution in [1.29, 1.82) is 0 Å². The number of nitro benzene ring substituents is 1. The van der Waals surface area contributed by atoms with E-state index in [1.807, 2.05) is 0 Å². The van der Waals surface area contributed by atoms with Gasteiger partial charge in [0.1, 0.15) is 5.75 Å². The van der Waals surface area contributed by atoms with Crippen molar-refractivity contribution in [3.8, 4) is 5.75 Å². The van der Waals surface area contributed by atoms with Crippen LogP contribution in [0.4, 0.5) is 5.69 Å². The van der Waals surface area contributed by atoms with Crippen LogP contribution in [-0.4, -0.2) is 70.5 Å². The fraction of sp³-hybridized carbons (Fsp3) is 0.250. The third-order valence-electron chi connectivity index (χ3n) is 1.61. The molecule has 0 aliphatic rings. The molecule has 0 atom stereocenters. The van der Waals surface area contributed by atoms with Crippen molar-refractivity contribution < 1.29 is 17.5 Å². The molecule has 0 bridgehead atoms. The summed E-state index contributed by atoms with van der Waals surface area (Å²) < 4.78 is 26.7. The van der Waals surface area contributed by atoms with Crippen molar-refractivity contribution in [2.45, 2.75) is 6.92 Å². The molecule has 1 aromatic rings. The van der Waals surface area contributed by atoms with E-state index in [9.17, 15) is 18.5 Å². The number of nitrogens with zero attached hydrogens (tertiary/aromatic N) is 1. The van der Waals surface area contributed by atoms with Gasteiger partial charge in [-0.15, -0.1) is 0 Å². The quantitative estimate of drug-likeness (QED) is 0.352. The van der Waals surface area contributed by atoms with Gasteiger partial charge in [0.15, 0.2) is 0 Å². The average Bonchev–Trinajstić information content (AvgIpc) is 2.17. The van der Waals surface area contributed by atoms with E-state index in [0.29, 0.717) is 0 Å². The Kier molecular flexibility index (Phi) is 6.67. The molecule has 0 saturated heterocycles. The Morgan fingerprint density at radius 2 is 2.06 bits per heavy atom. The number of rotatable bonds is 4. The monoisotopic (exact) mass is 270 g/mol. The molecule has 0 N–H and O–H groups in total. The molecule has 0 spiro atoms. The molecule has 0 fully saturated rings. The van der Waals surface area contributed by atoms with Crippen LogP contribution in [0, 0.1) is 10.1 Å². The first kappa shape index (κ1) is 16.0. The molecule has 0 unspecified atom stereocenters. The van der Waals surface area contributed by atoms with E-state index in [4.69, 9.17) is 0 Å². The maximum Gasteiger partial charge on any atom is 0.308 e. The summed E-state index contributed by atoms with van der Waals surface area (Å²) in [4.78, 5) is 9.77. The van der Waals surface area contributed by atoms with Gasteiger partial charge in [-0.05, 0) is 13.0 Å². The summed E-state index contributed by atoms with van der Waals surface area (Å²) in [5, 5.41) is 10.4. The molecule has 0 aliphatic heterocycles. The van der Waals surface area contributed by atoms with Gasteiger partial charge >= 0.3 is 10.1 Å². The first-order chi connectivity index (χ1) is 6.94. The van der Waals surface area contributed by atoms with Gasteiger partial charge in [0.2, 0.25) is 0 Å². The fourth-order valence-corrected chi connectivity index (χ4v) is 1.37. The van der Waals surface area contributed by atoms with Crippen LogP contribution in [0.5, 0.6) is 5.75 Å². The molecule has 8 heteroatoms. The third-order valence-corrected chi connectivity index (χ3v) is 2.76. The average molecular weight is 270 g/mol. The van der Waals surface area contributed by atoms with Gasteiger partial charge in [0, 0.05) is 57.5 Å². The van der Waals surface area contributed by atoms with Gasteiger partial charge in [0.25, 0.3) is 5.69 Å². The number of hydrogen-bond donors (Lipinski definition) is 0. The van der Waals surface area contributed by atoms with E-state index < -0.39 is 15.0 Å². The van der Waals surface area contributed by atoms with Gasteiger partial charge in [-0.2, -0.15) is 8.42 Å². The Morgan fingerprint density at radius 3 is 2.56 bits per heavy atom. The standard InChI is InChI=1S/C8H9NO5S.K/c1-2-15(12,13)14-8-5-3-4-7(6-8)9(10)11;/h3-6H,2H2,1H3;. The van der Waals surface area contributed by atoms with Gasteiger partial charge < -0.3 is 4.18 Å². The molecule has 1 rings (SSSR count). The predicted molar refractivity (Wildman–Crippen MR) is 58.9 cm³/mol. The molecule has 0 saturated carbocycles. The summed E-state index contributed by atoms with van der Waals surface area (Å²) in [7, 11) is -3.64. The Hall–Kier alpha value is 0.00636. The van der Waals surface area contributed by atoms with E-state index in [1.165, 1.54) is 25.1 Å². The summed E-state index contributed by atoms with van der Waals surface area (Å²) in [6.07, 6.45) is 0. The Bertz CT molecular complexity index is 473. The molecule has 0 aliphatic carbocycles. The summed E-state index contributed by atoms with van der Waals surface area (Å²) in [6, 6.07) is 5.03. The minimum absolute atomic E-state index is 0. The van der Waals surface area contributed by atoms with E-state index in [0.717, 1.165) is 6.07 Å². The van der Waals surface area contributed by atoms with E-state index in [-0.39, 0.29) is 68.6 Å². The molecule has 1 aromatic carbocycles. The zero-order valence-corrected chi connectivity index (χ0v) is 12.9. The van der Waals surface area contributed by atoms with Crippen molar-refractivity contribution >= 4 is 67.2 Å². The molecular weight excluding hydrogens is 261 g/mol. The van der Waals surface area contributed by atoms with Crippen LogP contribution in [0.15, 0.2) is 24.3 Å². The third kappa shape index (κ3) is 4.89. The second-order valence-electron chi connectivity index (χ2n) is 2.68. The van der Waals surface area contributed by atoms with Crippen molar-refractivity contribution in [2.75, 3.05) is 5.75 Å². The second kappa shape index (κ2) is 6.67. The zero-order chi connectivity index (χ0) is 11.5.